The first-order valence-electron chi connectivity index (χ1n) is 9.04. The van der Waals surface area contributed by atoms with Crippen LogP contribution >= 0.6 is 0 Å². The highest BCUT2D eigenvalue weighted by Gasteiger charge is 2.19. The second-order valence-electron chi connectivity index (χ2n) is 7.91. The lowest BCUT2D eigenvalue weighted by Crippen LogP contribution is -2.39. The second kappa shape index (κ2) is 8.52. The lowest BCUT2D eigenvalue weighted by atomic mass is 10.1. The Morgan fingerprint density at radius 3 is 2.58 bits per heavy atom. The van der Waals surface area contributed by atoms with Crippen LogP contribution in [0.2, 0.25) is 0 Å². The van der Waals surface area contributed by atoms with Crippen molar-refractivity contribution in [2.45, 2.75) is 65.2 Å². The summed E-state index contributed by atoms with van der Waals surface area (Å²) in [4.78, 5) is 14.1. The largest absolute Gasteiger partial charge is 0.371 e. The van der Waals surface area contributed by atoms with E-state index in [-0.39, 0.29) is 11.6 Å². The Bertz CT molecular complexity index is 531. The van der Waals surface area contributed by atoms with Crippen LogP contribution < -0.4 is 5.32 Å². The summed E-state index contributed by atoms with van der Waals surface area (Å²) in [5.41, 5.74) is 2.09. The molecular weight excluding hydrogens is 300 g/mol. The molecule has 0 unspecified atom stereocenters. The third kappa shape index (κ3) is 6.52. The number of amides is 2. The zero-order valence-electron chi connectivity index (χ0n) is 15.6. The summed E-state index contributed by atoms with van der Waals surface area (Å²) >= 11 is 0. The Morgan fingerprint density at radius 2 is 1.92 bits per heavy atom. The molecule has 4 nitrogen and oxygen atoms in total. The van der Waals surface area contributed by atoms with Crippen molar-refractivity contribution >= 4 is 6.03 Å². The van der Waals surface area contributed by atoms with Gasteiger partial charge in [-0.15, -0.1) is 0 Å². The van der Waals surface area contributed by atoms with E-state index in [1.165, 1.54) is 25.7 Å². The molecule has 4 heteroatoms. The highest BCUT2D eigenvalue weighted by atomic mass is 16.5. The van der Waals surface area contributed by atoms with Crippen LogP contribution in [-0.2, 0) is 17.9 Å². The summed E-state index contributed by atoms with van der Waals surface area (Å²) in [5.74, 6) is 0.679. The molecule has 1 N–H and O–H groups in total. The normalized spacial score (nSPS) is 15.5. The van der Waals surface area contributed by atoms with E-state index in [4.69, 9.17) is 4.74 Å². The molecule has 0 bridgehead atoms. The number of benzene rings is 1. The van der Waals surface area contributed by atoms with Crippen molar-refractivity contribution < 1.29 is 9.53 Å². The van der Waals surface area contributed by atoms with Gasteiger partial charge in [0, 0.05) is 20.1 Å². The third-order valence-electron chi connectivity index (χ3n) is 4.46. The van der Waals surface area contributed by atoms with Crippen LogP contribution in [0.4, 0.5) is 4.79 Å². The predicted octanol–water partition coefficient (Wildman–Crippen LogP) is 4.33. The molecule has 0 heterocycles. The zero-order chi connectivity index (χ0) is 17.6. The first-order valence-corrected chi connectivity index (χ1v) is 9.04. The van der Waals surface area contributed by atoms with Gasteiger partial charge >= 0.3 is 6.03 Å². The molecule has 1 aromatic rings. The van der Waals surface area contributed by atoms with Gasteiger partial charge in [-0.2, -0.15) is 0 Å². The fourth-order valence-corrected chi connectivity index (χ4v) is 3.11. The molecule has 24 heavy (non-hydrogen) atoms. The van der Waals surface area contributed by atoms with Crippen LogP contribution in [0.3, 0.4) is 0 Å². The zero-order valence-corrected chi connectivity index (χ0v) is 15.6. The number of nitrogens with zero attached hydrogens (tertiary/aromatic N) is 1. The van der Waals surface area contributed by atoms with Crippen molar-refractivity contribution in [3.05, 3.63) is 35.4 Å². The van der Waals surface area contributed by atoms with E-state index in [1.54, 1.807) is 0 Å². The molecule has 0 atom stereocenters. The molecule has 1 aromatic carbocycles. The van der Waals surface area contributed by atoms with E-state index in [0.29, 0.717) is 19.1 Å². The van der Waals surface area contributed by atoms with Crippen molar-refractivity contribution in [3.63, 3.8) is 0 Å². The van der Waals surface area contributed by atoms with Gasteiger partial charge in [0.2, 0.25) is 0 Å². The van der Waals surface area contributed by atoms with Gasteiger partial charge in [0.15, 0.2) is 0 Å². The molecule has 1 fully saturated rings. The van der Waals surface area contributed by atoms with Crippen LogP contribution in [0, 0.1) is 5.92 Å². The van der Waals surface area contributed by atoms with Crippen LogP contribution in [0.1, 0.15) is 57.6 Å². The Labute approximate surface area is 146 Å². The van der Waals surface area contributed by atoms with E-state index in [9.17, 15) is 4.79 Å². The van der Waals surface area contributed by atoms with E-state index in [2.05, 4.69) is 38.2 Å². The van der Waals surface area contributed by atoms with Crippen molar-refractivity contribution in [2.24, 2.45) is 5.92 Å². The quantitative estimate of drug-likeness (QED) is 0.842. The monoisotopic (exact) mass is 332 g/mol. The number of ether oxygens (including phenoxy) is 1. The van der Waals surface area contributed by atoms with Crippen LogP contribution in [0.5, 0.6) is 0 Å². The van der Waals surface area contributed by atoms with E-state index in [0.717, 1.165) is 17.7 Å². The Balaban J connectivity index is 1.79. The minimum absolute atomic E-state index is 0.0123. The molecule has 0 saturated heterocycles. The van der Waals surface area contributed by atoms with Gasteiger partial charge in [-0.05, 0) is 50.7 Å². The van der Waals surface area contributed by atoms with Gasteiger partial charge in [0.25, 0.3) is 0 Å². The SMILES string of the molecule is CN(CC1CCCC1)C(=O)NCc1cccc(COC(C)(C)C)c1. The topological polar surface area (TPSA) is 41.6 Å². The van der Waals surface area contributed by atoms with Crippen molar-refractivity contribution in [1.82, 2.24) is 10.2 Å². The van der Waals surface area contributed by atoms with E-state index < -0.39 is 0 Å². The highest BCUT2D eigenvalue weighted by Crippen LogP contribution is 2.25. The minimum Gasteiger partial charge on any atom is -0.371 e. The second-order valence-corrected chi connectivity index (χ2v) is 7.91. The minimum atomic E-state index is -0.146. The molecule has 1 aliphatic rings. The summed E-state index contributed by atoms with van der Waals surface area (Å²) < 4.78 is 5.81. The van der Waals surface area contributed by atoms with Crippen molar-refractivity contribution in [1.29, 1.82) is 0 Å². The average Bonchev–Trinajstić information content (AvgIpc) is 3.03. The lowest BCUT2D eigenvalue weighted by Gasteiger charge is -2.22. The average molecular weight is 332 g/mol. The van der Waals surface area contributed by atoms with Crippen molar-refractivity contribution in [3.8, 4) is 0 Å². The molecule has 2 rings (SSSR count). The molecular formula is C20H32N2O2. The first-order chi connectivity index (χ1) is 11.3. The third-order valence-corrected chi connectivity index (χ3v) is 4.46. The van der Waals surface area contributed by atoms with Gasteiger partial charge < -0.3 is 15.0 Å². The summed E-state index contributed by atoms with van der Waals surface area (Å²) in [7, 11) is 1.89. The Kier molecular flexibility index (Phi) is 6.67. The highest BCUT2D eigenvalue weighted by molar-refractivity contribution is 5.73. The molecule has 1 saturated carbocycles. The number of hydrogen-bond acceptors (Lipinski definition) is 2. The fourth-order valence-electron chi connectivity index (χ4n) is 3.11. The predicted molar refractivity (Wildman–Crippen MR) is 97.8 cm³/mol. The summed E-state index contributed by atoms with van der Waals surface area (Å²) in [6, 6.07) is 8.23. The molecule has 2 amide bonds. The maximum absolute atomic E-state index is 12.2. The molecule has 0 aromatic heterocycles. The van der Waals surface area contributed by atoms with Gasteiger partial charge in [-0.1, -0.05) is 37.1 Å². The standard InChI is InChI=1S/C20H32N2O2/c1-20(2,3)24-15-18-11-7-10-17(12-18)13-21-19(23)22(4)14-16-8-5-6-9-16/h7,10-12,16H,5-6,8-9,13-15H2,1-4H3,(H,21,23). The van der Waals surface area contributed by atoms with Crippen LogP contribution in [0.15, 0.2) is 24.3 Å². The van der Waals surface area contributed by atoms with Crippen LogP contribution in [-0.4, -0.2) is 30.1 Å². The number of urea groups is 1. The molecule has 0 radical (unpaired) electrons. The number of nitrogens with one attached hydrogen (secondary N) is 1. The molecule has 0 spiro atoms. The molecule has 0 aliphatic heterocycles. The number of carbonyl (C=O) groups excluding carboxylic acids is 1. The Morgan fingerprint density at radius 1 is 1.25 bits per heavy atom. The fraction of sp³-hybridized carbons (Fsp3) is 0.650. The van der Waals surface area contributed by atoms with Gasteiger partial charge in [0.05, 0.1) is 12.2 Å². The first kappa shape index (κ1) is 18.8. The summed E-state index contributed by atoms with van der Waals surface area (Å²) in [6.07, 6.45) is 5.13. The summed E-state index contributed by atoms with van der Waals surface area (Å²) in [5, 5.41) is 3.02. The molecule has 1 aliphatic carbocycles. The van der Waals surface area contributed by atoms with Gasteiger partial charge in [-0.3, -0.25) is 0 Å². The lowest BCUT2D eigenvalue weighted by molar-refractivity contribution is -0.0149. The maximum atomic E-state index is 12.2. The number of rotatable bonds is 6. The number of carbonyl (C=O) groups is 1. The smallest absolute Gasteiger partial charge is 0.317 e. The summed E-state index contributed by atoms with van der Waals surface area (Å²) in [6.45, 7) is 8.17. The van der Waals surface area contributed by atoms with E-state index >= 15 is 0 Å². The van der Waals surface area contributed by atoms with E-state index in [1.807, 2.05) is 24.1 Å². The van der Waals surface area contributed by atoms with Gasteiger partial charge in [0.1, 0.15) is 0 Å². The molecule has 134 valence electrons. The number of hydrogen-bond donors (Lipinski definition) is 1. The van der Waals surface area contributed by atoms with Crippen LogP contribution in [0.25, 0.3) is 0 Å². The Hall–Kier alpha value is -1.55. The maximum Gasteiger partial charge on any atom is 0.317 e. The van der Waals surface area contributed by atoms with Crippen molar-refractivity contribution in [2.75, 3.05) is 13.6 Å². The van der Waals surface area contributed by atoms with Gasteiger partial charge in [-0.25, -0.2) is 4.79 Å².